The molecule has 0 amide bonds. The van der Waals surface area contributed by atoms with Crippen molar-refractivity contribution in [3.05, 3.63) is 24.2 Å². The standard InChI is InChI=1S/C15H18N6O/c1-9(2)8-21-11(7-18-22-3)20-13-14(21)12-10(19-15(13)16)5-4-6-17-12/h4-7,9H,8H2,1-3H3,(H2,16,19)/b18-7+. The molecule has 0 aromatic carbocycles. The van der Waals surface area contributed by atoms with Crippen LogP contribution in [0.15, 0.2) is 23.5 Å². The summed E-state index contributed by atoms with van der Waals surface area (Å²) < 4.78 is 2.07. The molecule has 0 bridgehead atoms. The number of pyridine rings is 2. The van der Waals surface area contributed by atoms with E-state index in [0.717, 1.165) is 23.1 Å². The van der Waals surface area contributed by atoms with Gasteiger partial charge in [0.25, 0.3) is 0 Å². The van der Waals surface area contributed by atoms with Crippen LogP contribution in [0.3, 0.4) is 0 Å². The lowest BCUT2D eigenvalue weighted by Gasteiger charge is -2.10. The minimum Gasteiger partial charge on any atom is -0.399 e. The number of oxime groups is 1. The molecule has 3 rings (SSSR count). The largest absolute Gasteiger partial charge is 0.399 e. The fourth-order valence-electron chi connectivity index (χ4n) is 2.49. The van der Waals surface area contributed by atoms with Crippen molar-refractivity contribution >= 4 is 34.1 Å². The molecule has 22 heavy (non-hydrogen) atoms. The summed E-state index contributed by atoms with van der Waals surface area (Å²) in [7, 11) is 1.50. The van der Waals surface area contributed by atoms with Gasteiger partial charge < -0.3 is 15.1 Å². The van der Waals surface area contributed by atoms with Crippen LogP contribution in [0, 0.1) is 5.92 Å². The quantitative estimate of drug-likeness (QED) is 0.589. The van der Waals surface area contributed by atoms with Crippen molar-refractivity contribution in [2.75, 3.05) is 12.8 Å². The Kier molecular flexibility index (Phi) is 3.62. The molecule has 0 aliphatic heterocycles. The Morgan fingerprint density at radius 2 is 2.18 bits per heavy atom. The second-order valence-electron chi connectivity index (χ2n) is 5.46. The van der Waals surface area contributed by atoms with E-state index in [4.69, 9.17) is 10.6 Å². The zero-order valence-electron chi connectivity index (χ0n) is 12.8. The third-order valence-electron chi connectivity index (χ3n) is 3.31. The number of fused-ring (bicyclic) bond motifs is 3. The summed E-state index contributed by atoms with van der Waals surface area (Å²) >= 11 is 0. The van der Waals surface area contributed by atoms with Crippen LogP contribution < -0.4 is 5.73 Å². The molecule has 0 unspecified atom stereocenters. The first-order valence-corrected chi connectivity index (χ1v) is 7.08. The van der Waals surface area contributed by atoms with Gasteiger partial charge in [0.15, 0.2) is 11.6 Å². The van der Waals surface area contributed by atoms with Gasteiger partial charge in [-0.1, -0.05) is 19.0 Å². The highest BCUT2D eigenvalue weighted by atomic mass is 16.6. The average molecular weight is 298 g/mol. The number of nitrogen functional groups attached to an aromatic ring is 1. The first-order chi connectivity index (χ1) is 10.6. The summed E-state index contributed by atoms with van der Waals surface area (Å²) in [5.41, 5.74) is 9.15. The third-order valence-corrected chi connectivity index (χ3v) is 3.31. The van der Waals surface area contributed by atoms with E-state index in [1.54, 1.807) is 12.4 Å². The van der Waals surface area contributed by atoms with Gasteiger partial charge in [-0.3, -0.25) is 4.98 Å². The number of anilines is 1. The lowest BCUT2D eigenvalue weighted by atomic mass is 10.2. The number of aromatic nitrogens is 4. The zero-order valence-corrected chi connectivity index (χ0v) is 12.8. The van der Waals surface area contributed by atoms with Crippen LogP contribution in [0.1, 0.15) is 19.7 Å². The van der Waals surface area contributed by atoms with Crippen molar-refractivity contribution in [2.45, 2.75) is 20.4 Å². The molecule has 7 heteroatoms. The van der Waals surface area contributed by atoms with E-state index in [9.17, 15) is 0 Å². The number of rotatable bonds is 4. The highest BCUT2D eigenvalue weighted by Crippen LogP contribution is 2.27. The van der Waals surface area contributed by atoms with Crippen molar-refractivity contribution < 1.29 is 4.84 Å². The number of nitrogens with zero attached hydrogens (tertiary/aromatic N) is 5. The second-order valence-corrected chi connectivity index (χ2v) is 5.46. The highest BCUT2D eigenvalue weighted by Gasteiger charge is 2.17. The summed E-state index contributed by atoms with van der Waals surface area (Å²) in [6.45, 7) is 5.06. The van der Waals surface area contributed by atoms with Gasteiger partial charge in [-0.05, 0) is 18.1 Å². The number of hydrogen-bond donors (Lipinski definition) is 1. The van der Waals surface area contributed by atoms with Crippen LogP contribution in [0.4, 0.5) is 5.82 Å². The lowest BCUT2D eigenvalue weighted by molar-refractivity contribution is 0.215. The number of hydrogen-bond acceptors (Lipinski definition) is 6. The Morgan fingerprint density at radius 1 is 1.36 bits per heavy atom. The van der Waals surface area contributed by atoms with Gasteiger partial charge in [0.05, 0.1) is 5.52 Å². The Bertz CT molecular complexity index is 852. The first-order valence-electron chi connectivity index (χ1n) is 7.08. The molecule has 0 atom stereocenters. The van der Waals surface area contributed by atoms with Crippen molar-refractivity contribution in [2.24, 2.45) is 11.1 Å². The van der Waals surface area contributed by atoms with Crippen molar-refractivity contribution in [3.63, 3.8) is 0 Å². The molecule has 3 aromatic rings. The molecule has 114 valence electrons. The molecule has 0 radical (unpaired) electrons. The van der Waals surface area contributed by atoms with Crippen LogP contribution in [0.2, 0.25) is 0 Å². The van der Waals surface area contributed by atoms with Gasteiger partial charge in [0, 0.05) is 12.7 Å². The fraction of sp³-hybridized carbons (Fsp3) is 0.333. The molecular weight excluding hydrogens is 280 g/mol. The highest BCUT2D eigenvalue weighted by molar-refractivity contribution is 6.05. The maximum atomic E-state index is 6.07. The third kappa shape index (κ3) is 2.34. The molecule has 0 aliphatic carbocycles. The van der Waals surface area contributed by atoms with E-state index < -0.39 is 0 Å². The smallest absolute Gasteiger partial charge is 0.155 e. The van der Waals surface area contributed by atoms with Gasteiger partial charge in [0.2, 0.25) is 0 Å². The first kappa shape index (κ1) is 14.2. The van der Waals surface area contributed by atoms with Gasteiger partial charge >= 0.3 is 0 Å². The molecule has 0 spiro atoms. The van der Waals surface area contributed by atoms with E-state index in [2.05, 4.69) is 38.5 Å². The van der Waals surface area contributed by atoms with Crippen LogP contribution in [-0.4, -0.2) is 32.8 Å². The van der Waals surface area contributed by atoms with Crippen LogP contribution >= 0.6 is 0 Å². The van der Waals surface area contributed by atoms with Gasteiger partial charge in [-0.25, -0.2) is 9.97 Å². The maximum absolute atomic E-state index is 6.07. The summed E-state index contributed by atoms with van der Waals surface area (Å²) in [4.78, 5) is 18.2. The Morgan fingerprint density at radius 3 is 2.91 bits per heavy atom. The van der Waals surface area contributed by atoms with Crippen LogP contribution in [0.25, 0.3) is 22.1 Å². The predicted octanol–water partition coefficient (Wildman–Crippen LogP) is 2.20. The zero-order chi connectivity index (χ0) is 15.7. The lowest BCUT2D eigenvalue weighted by Crippen LogP contribution is -2.09. The molecule has 0 saturated heterocycles. The number of imidazole rings is 1. The normalized spacial score (nSPS) is 12.0. The minimum atomic E-state index is 0.394. The Balaban J connectivity index is 2.39. The topological polar surface area (TPSA) is 91.2 Å². The Labute approximate surface area is 127 Å². The van der Waals surface area contributed by atoms with Gasteiger partial charge in [-0.2, -0.15) is 0 Å². The van der Waals surface area contributed by atoms with Gasteiger partial charge in [-0.15, -0.1) is 0 Å². The minimum absolute atomic E-state index is 0.394. The summed E-state index contributed by atoms with van der Waals surface area (Å²) in [5, 5.41) is 3.83. The molecule has 0 aliphatic rings. The average Bonchev–Trinajstić information content (AvgIpc) is 2.84. The van der Waals surface area contributed by atoms with Crippen LogP contribution in [0.5, 0.6) is 0 Å². The van der Waals surface area contributed by atoms with E-state index in [1.165, 1.54) is 7.11 Å². The van der Waals surface area contributed by atoms with E-state index >= 15 is 0 Å². The van der Waals surface area contributed by atoms with E-state index in [-0.39, 0.29) is 0 Å². The molecule has 0 saturated carbocycles. The summed E-state index contributed by atoms with van der Waals surface area (Å²) in [6, 6.07) is 3.74. The monoisotopic (exact) mass is 298 g/mol. The van der Waals surface area contributed by atoms with E-state index in [0.29, 0.717) is 23.1 Å². The van der Waals surface area contributed by atoms with Crippen molar-refractivity contribution in [3.8, 4) is 0 Å². The predicted molar refractivity (Wildman–Crippen MR) is 86.7 cm³/mol. The molecular formula is C15H18N6O. The molecule has 3 heterocycles. The van der Waals surface area contributed by atoms with Crippen molar-refractivity contribution in [1.29, 1.82) is 0 Å². The van der Waals surface area contributed by atoms with Crippen LogP contribution in [-0.2, 0) is 11.4 Å². The van der Waals surface area contributed by atoms with Gasteiger partial charge in [0.1, 0.15) is 29.9 Å². The fourth-order valence-corrected chi connectivity index (χ4v) is 2.49. The molecule has 0 fully saturated rings. The Hall–Kier alpha value is -2.70. The maximum Gasteiger partial charge on any atom is 0.155 e. The summed E-state index contributed by atoms with van der Waals surface area (Å²) in [5.74, 6) is 1.50. The van der Waals surface area contributed by atoms with Crippen molar-refractivity contribution in [1.82, 2.24) is 19.5 Å². The SMILES string of the molecule is CO/N=C/c1nc2c(N)nc3cccnc3c2n1CC(C)C. The van der Waals surface area contributed by atoms with E-state index in [1.807, 2.05) is 12.1 Å². The number of nitrogens with two attached hydrogens (primary N) is 1. The summed E-state index contributed by atoms with van der Waals surface area (Å²) in [6.07, 6.45) is 3.33. The molecule has 3 aromatic heterocycles. The molecule has 2 N–H and O–H groups in total. The second kappa shape index (κ2) is 5.59. The molecule has 7 nitrogen and oxygen atoms in total.